The minimum atomic E-state index is -0.631. The van der Waals surface area contributed by atoms with E-state index in [1.807, 2.05) is 15.9 Å². The maximum absolute atomic E-state index is 13.9. The van der Waals surface area contributed by atoms with Gasteiger partial charge in [0.05, 0.1) is 11.0 Å². The van der Waals surface area contributed by atoms with E-state index in [9.17, 15) is 14.0 Å². The van der Waals surface area contributed by atoms with E-state index >= 15 is 0 Å². The molecule has 152 valence electrons. The van der Waals surface area contributed by atoms with Crippen molar-refractivity contribution in [1.29, 1.82) is 0 Å². The molecule has 0 spiro atoms. The number of rotatable bonds is 4. The van der Waals surface area contributed by atoms with Gasteiger partial charge < -0.3 is 15.5 Å². The number of nitrogens with two attached hydrogens (primary N) is 1. The molecular weight excluding hydrogens is 371 g/mol. The van der Waals surface area contributed by atoms with Crippen LogP contribution < -0.4 is 10.6 Å². The monoisotopic (exact) mass is 396 g/mol. The molecule has 2 N–H and O–H groups in total. The second-order valence-electron chi connectivity index (χ2n) is 7.82. The van der Waals surface area contributed by atoms with Crippen LogP contribution >= 0.6 is 0 Å². The molecule has 1 saturated carbocycles. The van der Waals surface area contributed by atoms with Crippen LogP contribution in [0.4, 0.5) is 10.2 Å². The maximum atomic E-state index is 13.9. The molecule has 2 fully saturated rings. The first-order chi connectivity index (χ1) is 14.0. The number of aromatic nitrogens is 1. The Morgan fingerprint density at radius 3 is 2.41 bits per heavy atom. The molecule has 0 radical (unpaired) electrons. The minimum absolute atomic E-state index is 0.0800. The molecule has 6 nitrogen and oxygen atoms in total. The molecule has 1 aliphatic carbocycles. The number of anilines is 1. The molecule has 0 bridgehead atoms. The predicted octanol–water partition coefficient (Wildman–Crippen LogP) is 2.48. The Morgan fingerprint density at radius 1 is 1.03 bits per heavy atom. The molecule has 1 aromatic heterocycles. The van der Waals surface area contributed by atoms with Crippen LogP contribution in [0.15, 0.2) is 42.6 Å². The third kappa shape index (κ3) is 3.57. The van der Waals surface area contributed by atoms with Crippen molar-refractivity contribution < 1.29 is 14.0 Å². The Hall–Kier alpha value is -2.96. The van der Waals surface area contributed by atoms with Gasteiger partial charge >= 0.3 is 0 Å². The van der Waals surface area contributed by atoms with Crippen LogP contribution in [0.3, 0.4) is 0 Å². The highest BCUT2D eigenvalue weighted by molar-refractivity contribution is 5.97. The van der Waals surface area contributed by atoms with Crippen molar-refractivity contribution in [2.24, 2.45) is 5.73 Å². The smallest absolute Gasteiger partial charge is 0.252 e. The third-order valence-electron chi connectivity index (χ3n) is 6.16. The fraction of sp³-hybridized carbons (Fsp3) is 0.409. The van der Waals surface area contributed by atoms with E-state index in [1.54, 1.807) is 24.4 Å². The summed E-state index contributed by atoms with van der Waals surface area (Å²) in [6, 6.07) is 9.83. The number of hydrogen-bond acceptors (Lipinski definition) is 4. The summed E-state index contributed by atoms with van der Waals surface area (Å²) in [4.78, 5) is 33.4. The van der Waals surface area contributed by atoms with Gasteiger partial charge in [-0.25, -0.2) is 9.37 Å². The van der Waals surface area contributed by atoms with E-state index in [0.717, 1.165) is 31.2 Å². The van der Waals surface area contributed by atoms with Gasteiger partial charge in [0.15, 0.2) is 0 Å². The zero-order valence-electron chi connectivity index (χ0n) is 16.3. The summed E-state index contributed by atoms with van der Waals surface area (Å²) in [5.74, 6) is -0.174. The molecule has 2 amide bonds. The van der Waals surface area contributed by atoms with Crippen molar-refractivity contribution in [3.8, 4) is 0 Å². The molecule has 29 heavy (non-hydrogen) atoms. The number of amides is 2. The van der Waals surface area contributed by atoms with E-state index in [-0.39, 0.29) is 11.7 Å². The predicted molar refractivity (Wildman–Crippen MR) is 108 cm³/mol. The van der Waals surface area contributed by atoms with Crippen LogP contribution in [-0.4, -0.2) is 47.9 Å². The van der Waals surface area contributed by atoms with Crippen molar-refractivity contribution >= 4 is 17.6 Å². The van der Waals surface area contributed by atoms with Crippen LogP contribution in [0.1, 0.15) is 41.6 Å². The van der Waals surface area contributed by atoms with Gasteiger partial charge in [-0.3, -0.25) is 9.59 Å². The quantitative estimate of drug-likeness (QED) is 0.861. The molecule has 1 saturated heterocycles. The molecule has 7 heteroatoms. The third-order valence-corrected chi connectivity index (χ3v) is 6.16. The normalized spacial score (nSPS) is 18.7. The van der Waals surface area contributed by atoms with Gasteiger partial charge in [-0.15, -0.1) is 0 Å². The molecule has 1 aromatic carbocycles. The van der Waals surface area contributed by atoms with Gasteiger partial charge in [0, 0.05) is 32.4 Å². The highest BCUT2D eigenvalue weighted by atomic mass is 19.1. The average Bonchev–Trinajstić information content (AvgIpc) is 3.24. The molecule has 0 unspecified atom stereocenters. The maximum Gasteiger partial charge on any atom is 0.252 e. The largest absolute Gasteiger partial charge is 0.365 e. The van der Waals surface area contributed by atoms with Gasteiger partial charge in [-0.05, 0) is 42.7 Å². The lowest BCUT2D eigenvalue weighted by molar-refractivity contribution is -0.137. The van der Waals surface area contributed by atoms with Crippen molar-refractivity contribution in [2.75, 3.05) is 31.1 Å². The lowest BCUT2D eigenvalue weighted by Crippen LogP contribution is -2.54. The number of benzene rings is 1. The number of pyridine rings is 1. The van der Waals surface area contributed by atoms with Crippen LogP contribution in [-0.2, 0) is 10.2 Å². The number of hydrogen-bond donors (Lipinski definition) is 1. The SMILES string of the molecule is NC(=O)c1cccnc1N1CCN(C(=O)C2(c3cccc(F)c3)CCCC2)CC1. The first-order valence-corrected chi connectivity index (χ1v) is 10.1. The van der Waals surface area contributed by atoms with Crippen LogP contribution in [0, 0.1) is 5.82 Å². The highest BCUT2D eigenvalue weighted by Crippen LogP contribution is 2.43. The minimum Gasteiger partial charge on any atom is -0.365 e. The summed E-state index contributed by atoms with van der Waals surface area (Å²) >= 11 is 0. The van der Waals surface area contributed by atoms with Crippen LogP contribution in [0.5, 0.6) is 0 Å². The number of primary amides is 1. The molecule has 1 aliphatic heterocycles. The number of halogens is 1. The van der Waals surface area contributed by atoms with E-state index in [4.69, 9.17) is 5.73 Å². The van der Waals surface area contributed by atoms with Gasteiger partial charge in [-0.1, -0.05) is 25.0 Å². The summed E-state index contributed by atoms with van der Waals surface area (Å²) in [5.41, 5.74) is 6.01. The Bertz CT molecular complexity index is 919. The van der Waals surface area contributed by atoms with Gasteiger partial charge in [0.2, 0.25) is 5.91 Å². The lowest BCUT2D eigenvalue weighted by Gasteiger charge is -2.40. The summed E-state index contributed by atoms with van der Waals surface area (Å²) in [5, 5.41) is 0. The van der Waals surface area contributed by atoms with Crippen molar-refractivity contribution in [3.05, 3.63) is 59.5 Å². The zero-order chi connectivity index (χ0) is 20.4. The summed E-state index contributed by atoms with van der Waals surface area (Å²) in [6.07, 6.45) is 5.08. The van der Waals surface area contributed by atoms with Crippen molar-refractivity contribution in [3.63, 3.8) is 0 Å². The van der Waals surface area contributed by atoms with Gasteiger partial charge in [0.25, 0.3) is 5.91 Å². The molecule has 2 aliphatic rings. The number of piperazine rings is 1. The van der Waals surface area contributed by atoms with Crippen molar-refractivity contribution in [1.82, 2.24) is 9.88 Å². The first kappa shape index (κ1) is 19.4. The van der Waals surface area contributed by atoms with Crippen molar-refractivity contribution in [2.45, 2.75) is 31.1 Å². The second-order valence-corrected chi connectivity index (χ2v) is 7.82. The molecule has 2 heterocycles. The summed E-state index contributed by atoms with van der Waals surface area (Å²) in [7, 11) is 0. The highest BCUT2D eigenvalue weighted by Gasteiger charge is 2.45. The second kappa shape index (κ2) is 7.81. The lowest BCUT2D eigenvalue weighted by atomic mass is 9.77. The van der Waals surface area contributed by atoms with E-state index < -0.39 is 11.3 Å². The fourth-order valence-corrected chi connectivity index (χ4v) is 4.66. The van der Waals surface area contributed by atoms with Gasteiger partial charge in [0.1, 0.15) is 11.6 Å². The number of carbonyl (C=O) groups excluding carboxylic acids is 2. The molecular formula is C22H25FN4O2. The van der Waals surface area contributed by atoms with Crippen LogP contribution in [0.2, 0.25) is 0 Å². The van der Waals surface area contributed by atoms with E-state index in [1.165, 1.54) is 12.1 Å². The van der Waals surface area contributed by atoms with Gasteiger partial charge in [-0.2, -0.15) is 0 Å². The Labute approximate surface area is 169 Å². The summed E-state index contributed by atoms with van der Waals surface area (Å²) < 4.78 is 13.9. The standard InChI is InChI=1S/C22H25FN4O2/c23-17-6-3-5-16(15-17)22(8-1-2-9-22)21(29)27-13-11-26(12-14-27)20-18(19(24)28)7-4-10-25-20/h3-7,10,15H,1-2,8-9,11-14H2,(H2,24,28). The van der Waals surface area contributed by atoms with Crippen LogP contribution in [0.25, 0.3) is 0 Å². The Kier molecular flexibility index (Phi) is 5.22. The Balaban J connectivity index is 1.52. The van der Waals surface area contributed by atoms with E-state index in [2.05, 4.69) is 4.98 Å². The van der Waals surface area contributed by atoms with E-state index in [0.29, 0.717) is 37.6 Å². The first-order valence-electron chi connectivity index (χ1n) is 10.1. The molecule has 0 atom stereocenters. The Morgan fingerprint density at radius 2 is 1.76 bits per heavy atom. The topological polar surface area (TPSA) is 79.5 Å². The number of carbonyl (C=O) groups is 2. The summed E-state index contributed by atoms with van der Waals surface area (Å²) in [6.45, 7) is 2.21. The fourth-order valence-electron chi connectivity index (χ4n) is 4.66. The molecule has 4 rings (SSSR count). The average molecular weight is 396 g/mol. The molecule has 2 aromatic rings. The number of nitrogens with zero attached hydrogens (tertiary/aromatic N) is 3. The zero-order valence-corrected chi connectivity index (χ0v) is 16.3.